The Balaban J connectivity index is 0.00000280. The summed E-state index contributed by atoms with van der Waals surface area (Å²) >= 11 is 0. The van der Waals surface area contributed by atoms with Crippen LogP contribution in [0.4, 0.5) is 0 Å². The smallest absolute Gasteiger partial charge is 0.191 e. The van der Waals surface area contributed by atoms with Gasteiger partial charge in [0.05, 0.1) is 6.54 Å². The minimum atomic E-state index is 0. The van der Waals surface area contributed by atoms with Gasteiger partial charge in [-0.1, -0.05) is 42.5 Å². The highest BCUT2D eigenvalue weighted by Gasteiger charge is 2.20. The van der Waals surface area contributed by atoms with Crippen LogP contribution in [0.3, 0.4) is 0 Å². The van der Waals surface area contributed by atoms with Gasteiger partial charge in [-0.2, -0.15) is 0 Å². The van der Waals surface area contributed by atoms with Crippen molar-refractivity contribution < 1.29 is 5.11 Å². The number of hydrogen-bond acceptors (Lipinski definition) is 3. The van der Waals surface area contributed by atoms with Gasteiger partial charge in [-0.15, -0.1) is 24.0 Å². The maximum atomic E-state index is 9.59. The van der Waals surface area contributed by atoms with Crippen molar-refractivity contribution in [1.29, 1.82) is 0 Å². The lowest BCUT2D eigenvalue weighted by Crippen LogP contribution is -2.48. The van der Waals surface area contributed by atoms with E-state index in [-0.39, 0.29) is 29.7 Å². The predicted octanol–water partition coefficient (Wildman–Crippen LogP) is 3.73. The number of nitrogens with zero attached hydrogens (tertiary/aromatic N) is 2. The molecule has 152 valence electrons. The topological polar surface area (TPSA) is 59.9 Å². The molecule has 1 aliphatic rings. The van der Waals surface area contributed by atoms with Crippen molar-refractivity contribution in [1.82, 2.24) is 15.5 Å². The van der Waals surface area contributed by atoms with Crippen molar-refractivity contribution in [3.05, 3.63) is 65.7 Å². The van der Waals surface area contributed by atoms with Crippen LogP contribution < -0.4 is 10.6 Å². The molecule has 1 heterocycles. The Morgan fingerprint density at radius 3 is 2.46 bits per heavy atom. The van der Waals surface area contributed by atoms with Gasteiger partial charge >= 0.3 is 0 Å². The molecule has 3 rings (SSSR count). The van der Waals surface area contributed by atoms with Gasteiger partial charge in [0, 0.05) is 32.2 Å². The highest BCUT2D eigenvalue weighted by atomic mass is 127. The molecule has 2 aromatic carbocycles. The Morgan fingerprint density at radius 1 is 1.07 bits per heavy atom. The molecule has 5 nitrogen and oxygen atoms in total. The van der Waals surface area contributed by atoms with Crippen LogP contribution in [-0.4, -0.2) is 41.6 Å². The van der Waals surface area contributed by atoms with Crippen molar-refractivity contribution >= 4 is 29.9 Å². The molecule has 1 fully saturated rings. The molecule has 2 aromatic rings. The first-order chi connectivity index (χ1) is 13.2. The summed E-state index contributed by atoms with van der Waals surface area (Å²) in [6.07, 6.45) is 2.23. The number of hydrogen-bond donors (Lipinski definition) is 3. The zero-order chi connectivity index (χ0) is 18.9. The summed E-state index contributed by atoms with van der Waals surface area (Å²) in [5, 5.41) is 16.5. The first kappa shape index (κ1) is 22.5. The third-order valence-corrected chi connectivity index (χ3v) is 4.85. The van der Waals surface area contributed by atoms with Crippen LogP contribution in [0, 0.1) is 0 Å². The van der Waals surface area contributed by atoms with E-state index in [9.17, 15) is 5.11 Å². The van der Waals surface area contributed by atoms with Crippen LogP contribution in [0.15, 0.2) is 59.6 Å². The number of aliphatic imine (C=N–C) groups is 1. The molecule has 3 N–H and O–H groups in total. The van der Waals surface area contributed by atoms with Gasteiger partial charge in [-0.05, 0) is 43.0 Å². The number of halogens is 1. The number of likely N-dealkylation sites (tertiary alicyclic amines) is 1. The van der Waals surface area contributed by atoms with Crippen LogP contribution in [0.1, 0.15) is 30.9 Å². The van der Waals surface area contributed by atoms with Crippen molar-refractivity contribution in [2.45, 2.75) is 38.9 Å². The molecule has 1 aliphatic heterocycles. The average Bonchev–Trinajstić information content (AvgIpc) is 2.69. The number of nitrogens with one attached hydrogen (secondary N) is 2. The van der Waals surface area contributed by atoms with Crippen molar-refractivity contribution in [3.8, 4) is 5.75 Å². The quantitative estimate of drug-likeness (QED) is 0.326. The fraction of sp³-hybridized carbons (Fsp3) is 0.409. The summed E-state index contributed by atoms with van der Waals surface area (Å²) in [6, 6.07) is 18.4. The van der Waals surface area contributed by atoms with Gasteiger partial charge in [0.25, 0.3) is 0 Å². The lowest BCUT2D eigenvalue weighted by atomic mass is 10.0. The molecule has 0 radical (unpaired) electrons. The van der Waals surface area contributed by atoms with E-state index in [2.05, 4.69) is 57.8 Å². The number of guanidine groups is 1. The van der Waals surface area contributed by atoms with Crippen LogP contribution in [0.25, 0.3) is 0 Å². The Hall–Kier alpha value is -1.80. The maximum absolute atomic E-state index is 9.59. The van der Waals surface area contributed by atoms with E-state index < -0.39 is 0 Å². The van der Waals surface area contributed by atoms with E-state index in [0.29, 0.717) is 12.6 Å². The van der Waals surface area contributed by atoms with Gasteiger partial charge in [-0.25, -0.2) is 4.99 Å². The summed E-state index contributed by atoms with van der Waals surface area (Å²) in [4.78, 5) is 7.19. The number of piperidine rings is 1. The zero-order valence-electron chi connectivity index (χ0n) is 16.5. The third-order valence-electron chi connectivity index (χ3n) is 4.85. The first-order valence-electron chi connectivity index (χ1n) is 9.82. The minimum Gasteiger partial charge on any atom is -0.508 e. The van der Waals surface area contributed by atoms with E-state index in [1.807, 2.05) is 12.1 Å². The Morgan fingerprint density at radius 2 is 1.79 bits per heavy atom. The highest BCUT2D eigenvalue weighted by molar-refractivity contribution is 14.0. The Labute approximate surface area is 185 Å². The second-order valence-electron chi connectivity index (χ2n) is 7.05. The number of phenols is 1. The summed E-state index contributed by atoms with van der Waals surface area (Å²) in [7, 11) is 0. The SMILES string of the molecule is CCNC(=NCc1cccc(O)c1)NC1CCN(Cc2ccccc2)CC1.I. The fourth-order valence-electron chi connectivity index (χ4n) is 3.42. The van der Waals surface area contributed by atoms with Gasteiger partial charge in [-0.3, -0.25) is 4.90 Å². The molecule has 0 saturated carbocycles. The number of phenolic OH excluding ortho intramolecular Hbond substituents is 1. The van der Waals surface area contributed by atoms with Crippen molar-refractivity contribution in [2.75, 3.05) is 19.6 Å². The second kappa shape index (κ2) is 11.9. The molecule has 0 aliphatic carbocycles. The Bertz CT molecular complexity index is 730. The van der Waals surface area contributed by atoms with Gasteiger partial charge in [0.2, 0.25) is 0 Å². The van der Waals surface area contributed by atoms with Crippen molar-refractivity contribution in [2.24, 2.45) is 4.99 Å². The standard InChI is InChI=1S/C22H30N4O.HI/c1-2-23-22(24-16-19-9-6-10-21(27)15-19)25-20-11-13-26(14-12-20)17-18-7-4-3-5-8-18;/h3-10,15,20,27H,2,11-14,16-17H2,1H3,(H2,23,24,25);1H. The minimum absolute atomic E-state index is 0. The van der Waals surface area contributed by atoms with Gasteiger partial charge in [0.1, 0.15) is 5.75 Å². The molecule has 1 saturated heterocycles. The molecule has 6 heteroatoms. The van der Waals surface area contributed by atoms with E-state index in [1.54, 1.807) is 12.1 Å². The molecule has 0 aromatic heterocycles. The van der Waals surface area contributed by atoms with E-state index in [0.717, 1.165) is 50.5 Å². The molecule has 0 spiro atoms. The Kier molecular flexibility index (Phi) is 9.57. The average molecular weight is 494 g/mol. The molecular weight excluding hydrogens is 463 g/mol. The third kappa shape index (κ3) is 7.31. The fourth-order valence-corrected chi connectivity index (χ4v) is 3.42. The molecule has 0 atom stereocenters. The number of rotatable bonds is 6. The normalized spacial score (nSPS) is 15.7. The monoisotopic (exact) mass is 494 g/mol. The van der Waals surface area contributed by atoms with Crippen LogP contribution in [0.5, 0.6) is 5.75 Å². The largest absolute Gasteiger partial charge is 0.508 e. The van der Waals surface area contributed by atoms with Crippen LogP contribution >= 0.6 is 24.0 Å². The summed E-state index contributed by atoms with van der Waals surface area (Å²) in [5.41, 5.74) is 2.38. The lowest BCUT2D eigenvalue weighted by Gasteiger charge is -2.33. The van der Waals surface area contributed by atoms with Gasteiger partial charge < -0.3 is 15.7 Å². The molecule has 0 unspecified atom stereocenters. The number of aromatic hydroxyl groups is 1. The predicted molar refractivity (Wildman–Crippen MR) is 126 cm³/mol. The maximum Gasteiger partial charge on any atom is 0.191 e. The summed E-state index contributed by atoms with van der Waals surface area (Å²) in [6.45, 7) is 6.68. The molecular formula is C22H31IN4O. The lowest BCUT2D eigenvalue weighted by molar-refractivity contribution is 0.198. The summed E-state index contributed by atoms with van der Waals surface area (Å²) < 4.78 is 0. The summed E-state index contributed by atoms with van der Waals surface area (Å²) in [5.74, 6) is 1.13. The van der Waals surface area contributed by atoms with E-state index >= 15 is 0 Å². The van der Waals surface area contributed by atoms with Gasteiger partial charge in [0.15, 0.2) is 5.96 Å². The van der Waals surface area contributed by atoms with Crippen molar-refractivity contribution in [3.63, 3.8) is 0 Å². The zero-order valence-corrected chi connectivity index (χ0v) is 18.8. The molecule has 0 amide bonds. The molecule has 28 heavy (non-hydrogen) atoms. The van der Waals surface area contributed by atoms with E-state index in [4.69, 9.17) is 0 Å². The number of benzene rings is 2. The second-order valence-corrected chi connectivity index (χ2v) is 7.05. The molecule has 0 bridgehead atoms. The highest BCUT2D eigenvalue weighted by Crippen LogP contribution is 2.14. The van der Waals surface area contributed by atoms with Crippen LogP contribution in [-0.2, 0) is 13.1 Å². The van der Waals surface area contributed by atoms with E-state index in [1.165, 1.54) is 5.56 Å². The van der Waals surface area contributed by atoms with Crippen LogP contribution in [0.2, 0.25) is 0 Å². The first-order valence-corrected chi connectivity index (χ1v) is 9.82.